The molecule has 0 saturated carbocycles. The Morgan fingerprint density at radius 3 is 1.44 bits per heavy atom. The molecule has 0 fully saturated rings. The summed E-state index contributed by atoms with van der Waals surface area (Å²) >= 11 is 0. The van der Waals surface area contributed by atoms with Gasteiger partial charge in [0.1, 0.15) is 5.82 Å². The van der Waals surface area contributed by atoms with Crippen LogP contribution in [0.1, 0.15) is 42.5 Å². The van der Waals surface area contributed by atoms with Crippen molar-refractivity contribution in [1.82, 2.24) is 19.1 Å². The van der Waals surface area contributed by atoms with E-state index >= 15 is 0 Å². The molecule has 0 spiro atoms. The molecular weight excluding hydrogens is 781 g/mol. The van der Waals surface area contributed by atoms with E-state index in [2.05, 4.69) is 0 Å². The summed E-state index contributed by atoms with van der Waals surface area (Å²) in [6.45, 7) is 0. The molecule has 0 radical (unpaired) electrons. The van der Waals surface area contributed by atoms with Crippen LogP contribution in [0.4, 0.5) is 0 Å². The van der Waals surface area contributed by atoms with Gasteiger partial charge in [0.25, 0.3) is 0 Å². The van der Waals surface area contributed by atoms with Gasteiger partial charge in [-0.25, -0.2) is 4.98 Å². The summed E-state index contributed by atoms with van der Waals surface area (Å²) in [7, 11) is -6.70. The number of nitrogens with zero attached hydrogens (tertiary/aromatic N) is 4. The van der Waals surface area contributed by atoms with E-state index < -0.39 is 250 Å². The van der Waals surface area contributed by atoms with Crippen LogP contribution in [0.2, 0.25) is 0 Å². The third kappa shape index (κ3) is 5.97. The molecule has 0 aliphatic carbocycles. The zero-order chi connectivity index (χ0) is 68.7. The third-order valence-corrected chi connectivity index (χ3v) is 14.5. The van der Waals surface area contributed by atoms with Crippen molar-refractivity contribution >= 4 is 72.4 Å². The molecule has 0 saturated heterocycles. The molecule has 0 aliphatic heterocycles. The Kier molecular flexibility index (Phi) is 4.07. The molecule has 12 rings (SSSR count). The first-order valence-electron chi connectivity index (χ1n) is 34.5. The van der Waals surface area contributed by atoms with Crippen LogP contribution in [0.3, 0.4) is 0 Å². The standard InChI is InChI=1S/C58H40N4Si/c1-4-20-41(21-5-1)42-22-18-28-46(38-42)63(44-24-6-2-7-25-44,45-26-8-3-9-27-45)47-29-19-23-43(39-47)52-40-57(61-53-34-14-10-30-48(53)49-31-11-15-35-54(49)61)60-58(59-52)62-55-36-16-12-32-50(55)51-33-13-17-37-56(51)62/h1-40H/i1D,2D,3D,4D,5D,6D,7D,8D,9D,10D,12D,14D,16D,18D,19D,20D,21D,22D,23D,24D,25D,26D,27D,28D,29D,30D,32D,34D,36D,38D,39D. The van der Waals surface area contributed by atoms with E-state index in [9.17, 15) is 24.7 Å². The summed E-state index contributed by atoms with van der Waals surface area (Å²) in [5.41, 5.74) is -4.00. The van der Waals surface area contributed by atoms with Gasteiger partial charge in [-0.15, -0.1) is 0 Å². The first-order valence-corrected chi connectivity index (χ1v) is 21.0. The highest BCUT2D eigenvalue weighted by Crippen LogP contribution is 2.35. The number of hydrogen-bond acceptors (Lipinski definition) is 2. The van der Waals surface area contributed by atoms with Crippen molar-refractivity contribution in [2.75, 3.05) is 0 Å². The van der Waals surface area contributed by atoms with Crippen molar-refractivity contribution in [3.05, 3.63) is 242 Å². The maximum absolute atomic E-state index is 10.8. The van der Waals surface area contributed by atoms with Crippen molar-refractivity contribution < 1.29 is 42.5 Å². The first kappa shape index (κ1) is 17.0. The van der Waals surface area contributed by atoms with Crippen LogP contribution in [0, 0.1) is 0 Å². The average molecular weight is 852 g/mol. The Bertz CT molecular complexity index is 5180. The Hall–Kier alpha value is -8.12. The molecule has 3 aromatic heterocycles. The summed E-state index contributed by atoms with van der Waals surface area (Å²) in [5.74, 6) is -0.994. The Morgan fingerprint density at radius 1 is 0.365 bits per heavy atom. The van der Waals surface area contributed by atoms with E-state index in [1.54, 1.807) is 30.3 Å². The normalized spacial score (nSPS) is 18.7. The highest BCUT2D eigenvalue weighted by atomic mass is 28.3. The third-order valence-electron chi connectivity index (χ3n) is 10.5. The van der Waals surface area contributed by atoms with Gasteiger partial charge in [-0.3, -0.25) is 9.13 Å². The lowest BCUT2D eigenvalue weighted by Gasteiger charge is -2.35. The molecule has 12 aromatic rings. The van der Waals surface area contributed by atoms with E-state index in [1.165, 1.54) is 27.3 Å². The second-order valence-electron chi connectivity index (χ2n) is 13.8. The Balaban J connectivity index is 1.38. The van der Waals surface area contributed by atoms with Crippen molar-refractivity contribution in [1.29, 1.82) is 0 Å². The smallest absolute Gasteiger partial charge is 0.237 e. The Morgan fingerprint density at radius 2 is 0.825 bits per heavy atom. The fourth-order valence-corrected chi connectivity index (χ4v) is 11.5. The van der Waals surface area contributed by atoms with Gasteiger partial charge in [0.05, 0.1) is 70.3 Å². The van der Waals surface area contributed by atoms with Gasteiger partial charge >= 0.3 is 0 Å². The quantitative estimate of drug-likeness (QED) is 0.113. The maximum Gasteiger partial charge on any atom is 0.237 e. The molecule has 296 valence electrons. The molecule has 0 atom stereocenters. The van der Waals surface area contributed by atoms with Crippen LogP contribution in [-0.2, 0) is 0 Å². The summed E-state index contributed by atoms with van der Waals surface area (Å²) in [6.07, 6.45) is 0. The number of benzene rings is 9. The predicted octanol–water partition coefficient (Wildman–Crippen LogP) is 11.4. The molecule has 0 unspecified atom stereocenters. The lowest BCUT2D eigenvalue weighted by molar-refractivity contribution is 0.952. The zero-order valence-electron chi connectivity index (χ0n) is 63.0. The van der Waals surface area contributed by atoms with Gasteiger partial charge < -0.3 is 0 Å². The highest BCUT2D eigenvalue weighted by molar-refractivity contribution is 7.20. The summed E-state index contributed by atoms with van der Waals surface area (Å²) in [6, 6.07) is -19.9. The minimum atomic E-state index is -6.70. The lowest BCUT2D eigenvalue weighted by atomic mass is 10.1. The van der Waals surface area contributed by atoms with Crippen molar-refractivity contribution in [2.24, 2.45) is 0 Å². The van der Waals surface area contributed by atoms with E-state index in [0.29, 0.717) is 0 Å². The second kappa shape index (κ2) is 15.1. The van der Waals surface area contributed by atoms with Gasteiger partial charge in [0.15, 0.2) is 8.07 Å². The van der Waals surface area contributed by atoms with E-state index in [4.69, 9.17) is 27.8 Å². The first-order chi connectivity index (χ1) is 44.1. The fraction of sp³-hybridized carbons (Fsp3) is 0. The van der Waals surface area contributed by atoms with Gasteiger partial charge in [-0.05, 0) is 56.1 Å². The van der Waals surface area contributed by atoms with Crippen LogP contribution >= 0.6 is 0 Å². The minimum absolute atomic E-state index is 0.0493. The van der Waals surface area contributed by atoms with Crippen LogP contribution in [0.15, 0.2) is 242 Å². The molecule has 0 bridgehead atoms. The van der Waals surface area contributed by atoms with Crippen LogP contribution in [0.25, 0.3) is 77.8 Å². The van der Waals surface area contributed by atoms with Gasteiger partial charge in [-0.2, -0.15) is 4.98 Å². The van der Waals surface area contributed by atoms with Gasteiger partial charge in [0.2, 0.25) is 5.95 Å². The van der Waals surface area contributed by atoms with Crippen LogP contribution in [-0.4, -0.2) is 27.2 Å². The largest absolute Gasteiger partial charge is 0.294 e. The molecule has 9 aromatic carbocycles. The summed E-state index contributed by atoms with van der Waals surface area (Å²) < 4.78 is 292. The molecule has 0 aliphatic rings. The molecule has 3 heterocycles. The highest BCUT2D eigenvalue weighted by Gasteiger charge is 2.41. The molecule has 63 heavy (non-hydrogen) atoms. The molecule has 0 N–H and O–H groups in total. The Labute approximate surface area is 410 Å². The monoisotopic (exact) mass is 851 g/mol. The summed E-state index contributed by atoms with van der Waals surface area (Å²) in [5, 5.41) is -4.59. The summed E-state index contributed by atoms with van der Waals surface area (Å²) in [4.78, 5) is 9.83. The van der Waals surface area contributed by atoms with E-state index in [-0.39, 0.29) is 43.6 Å². The number of rotatable bonds is 8. The molecular formula is C58H40N4Si. The van der Waals surface area contributed by atoms with Crippen LogP contribution < -0.4 is 20.7 Å². The maximum atomic E-state index is 10.8. The van der Waals surface area contributed by atoms with Crippen molar-refractivity contribution in [2.45, 2.75) is 0 Å². The lowest BCUT2D eigenvalue weighted by Crippen LogP contribution is -2.74. The van der Waals surface area contributed by atoms with Crippen LogP contribution in [0.5, 0.6) is 0 Å². The van der Waals surface area contributed by atoms with E-state index in [1.807, 2.05) is 0 Å². The molecule has 5 heteroatoms. The van der Waals surface area contributed by atoms with Crippen molar-refractivity contribution in [3.63, 3.8) is 0 Å². The fourth-order valence-electron chi connectivity index (χ4n) is 7.86. The van der Waals surface area contributed by atoms with Gasteiger partial charge in [-0.1, -0.05) is 212 Å². The van der Waals surface area contributed by atoms with Crippen molar-refractivity contribution in [3.8, 4) is 34.2 Å². The number of para-hydroxylation sites is 4. The topological polar surface area (TPSA) is 35.6 Å². The molecule has 4 nitrogen and oxygen atoms in total. The zero-order valence-corrected chi connectivity index (χ0v) is 33.0. The predicted molar refractivity (Wildman–Crippen MR) is 265 cm³/mol. The number of aromatic nitrogens is 4. The van der Waals surface area contributed by atoms with Gasteiger partial charge in [0, 0.05) is 33.2 Å². The molecule has 0 amide bonds. The van der Waals surface area contributed by atoms with E-state index in [0.717, 1.165) is 6.07 Å². The number of hydrogen-bond donors (Lipinski definition) is 0. The second-order valence-corrected chi connectivity index (χ2v) is 17.3. The SMILES string of the molecule is [2H]c1c([2H])c([2H])c(-c2c([2H])c([2H])c([2H])c([Si](c3c([2H])c([2H])c([2H])c([2H])c3[2H])(c3c([2H])c([2H])c([2H])c([2H])c3[2H])c3c([2H])c([2H])c([2H])c(-c4cc(-n5c6ccccc6c6c([2H])c([2H])c([2H])c([2H])c65)nc(-n5c6ccccc6c6c([2H])c([2H])c([2H])c([2H])c65)n4)c3[2H])c2[2H])c([2H])c1[2H]. The minimum Gasteiger partial charge on any atom is -0.294 e. The average Bonchev–Trinajstić information content (AvgIpc) is 0.905. The number of fused-ring (bicyclic) bond motifs is 6.